The summed E-state index contributed by atoms with van der Waals surface area (Å²) in [5.74, 6) is -2.03. The summed E-state index contributed by atoms with van der Waals surface area (Å²) in [4.78, 5) is 33.0. The number of piperazine rings is 1. The number of rotatable bonds is 4. The number of thioether (sulfide) groups is 1. The summed E-state index contributed by atoms with van der Waals surface area (Å²) >= 11 is 1.08. The first kappa shape index (κ1) is 26.9. The van der Waals surface area contributed by atoms with Crippen LogP contribution in [0.25, 0.3) is 22.0 Å². The largest absolute Gasteiger partial charge is 0.417 e. The highest BCUT2D eigenvalue weighted by molar-refractivity contribution is 7.99. The molecule has 0 bridgehead atoms. The van der Waals surface area contributed by atoms with Crippen molar-refractivity contribution in [2.45, 2.75) is 31.0 Å². The van der Waals surface area contributed by atoms with Crippen molar-refractivity contribution >= 4 is 34.4 Å². The molecule has 0 spiro atoms. The molecule has 1 amide bonds. The van der Waals surface area contributed by atoms with E-state index in [0.717, 1.165) is 30.0 Å². The van der Waals surface area contributed by atoms with Gasteiger partial charge in [-0.05, 0) is 30.7 Å². The maximum absolute atomic E-state index is 14.9. The number of benzene rings is 2. The van der Waals surface area contributed by atoms with E-state index in [1.165, 1.54) is 15.5 Å². The van der Waals surface area contributed by atoms with E-state index in [9.17, 15) is 31.5 Å². The van der Waals surface area contributed by atoms with E-state index in [1.807, 2.05) is 13.0 Å². The number of amides is 1. The third-order valence-electron chi connectivity index (χ3n) is 6.74. The maximum Gasteiger partial charge on any atom is 0.417 e. The van der Waals surface area contributed by atoms with E-state index in [-0.39, 0.29) is 59.5 Å². The molecule has 0 N–H and O–H groups in total. The zero-order valence-electron chi connectivity index (χ0n) is 20.8. The van der Waals surface area contributed by atoms with Gasteiger partial charge in [0.25, 0.3) is 0 Å². The second-order valence-corrected chi connectivity index (χ2v) is 10.2. The Labute approximate surface area is 224 Å². The van der Waals surface area contributed by atoms with Crippen LogP contribution in [-0.4, -0.2) is 45.7 Å². The van der Waals surface area contributed by atoms with Gasteiger partial charge in [0.05, 0.1) is 17.6 Å². The highest BCUT2D eigenvalue weighted by Crippen LogP contribution is 2.49. The Balaban J connectivity index is 1.79. The minimum atomic E-state index is -4.89. The molecule has 0 radical (unpaired) electrons. The van der Waals surface area contributed by atoms with Gasteiger partial charge in [-0.3, -0.25) is 9.36 Å². The molecule has 0 saturated carbocycles. The Bertz CT molecular complexity index is 1600. The van der Waals surface area contributed by atoms with Crippen LogP contribution in [0.15, 0.2) is 58.4 Å². The summed E-state index contributed by atoms with van der Waals surface area (Å²) in [5.41, 5.74) is -1.75. The molecular formula is C27H23F5N4O2S. The van der Waals surface area contributed by atoms with Crippen molar-refractivity contribution in [3.63, 3.8) is 0 Å². The zero-order chi connectivity index (χ0) is 28.1. The Morgan fingerprint density at radius 1 is 1.18 bits per heavy atom. The van der Waals surface area contributed by atoms with Gasteiger partial charge in [0.1, 0.15) is 17.5 Å². The lowest BCUT2D eigenvalue weighted by Crippen LogP contribution is -2.47. The number of hydrogen-bond acceptors (Lipinski definition) is 5. The van der Waals surface area contributed by atoms with Gasteiger partial charge in [0.2, 0.25) is 5.91 Å². The van der Waals surface area contributed by atoms with E-state index in [4.69, 9.17) is 0 Å². The second-order valence-electron chi connectivity index (χ2n) is 9.08. The molecule has 2 aromatic carbocycles. The van der Waals surface area contributed by atoms with E-state index in [0.29, 0.717) is 18.2 Å². The van der Waals surface area contributed by atoms with E-state index >= 15 is 0 Å². The zero-order valence-corrected chi connectivity index (χ0v) is 21.6. The lowest BCUT2D eigenvalue weighted by molar-refractivity contribution is -0.137. The molecule has 3 aromatic rings. The molecule has 1 fully saturated rings. The second kappa shape index (κ2) is 10.1. The van der Waals surface area contributed by atoms with Crippen LogP contribution in [-0.2, 0) is 17.5 Å². The Morgan fingerprint density at radius 2 is 1.95 bits per heavy atom. The number of nitrogens with zero attached hydrogens (tertiary/aromatic N) is 4. The molecule has 39 heavy (non-hydrogen) atoms. The van der Waals surface area contributed by atoms with Gasteiger partial charge in [-0.2, -0.15) is 18.2 Å². The van der Waals surface area contributed by atoms with E-state index < -0.39 is 40.2 Å². The fraction of sp³-hybridized carbons (Fsp3) is 0.296. The molecule has 6 nitrogen and oxygen atoms in total. The normalized spacial score (nSPS) is 16.7. The van der Waals surface area contributed by atoms with Crippen LogP contribution < -0.4 is 10.6 Å². The van der Waals surface area contributed by atoms with E-state index in [1.54, 1.807) is 4.90 Å². The fourth-order valence-corrected chi connectivity index (χ4v) is 6.28. The minimum Gasteiger partial charge on any atom is -0.348 e. The monoisotopic (exact) mass is 562 g/mol. The van der Waals surface area contributed by atoms with Gasteiger partial charge >= 0.3 is 11.9 Å². The molecule has 0 atom stereocenters. The quantitative estimate of drug-likeness (QED) is 0.306. The minimum absolute atomic E-state index is 0.0549. The molecule has 0 unspecified atom stereocenters. The Kier molecular flexibility index (Phi) is 7.00. The molecule has 2 aliphatic rings. The van der Waals surface area contributed by atoms with Crippen molar-refractivity contribution in [3.05, 3.63) is 76.4 Å². The fourth-order valence-electron chi connectivity index (χ4n) is 5.08. The van der Waals surface area contributed by atoms with Gasteiger partial charge in [0, 0.05) is 58.6 Å². The number of allylic oxidation sites excluding steroid dienone is 1. The Hall–Kier alpha value is -3.67. The summed E-state index contributed by atoms with van der Waals surface area (Å²) in [7, 11) is 0. The van der Waals surface area contributed by atoms with Crippen LogP contribution in [0.2, 0.25) is 0 Å². The van der Waals surface area contributed by atoms with Crippen LogP contribution in [0.4, 0.5) is 27.8 Å². The average molecular weight is 563 g/mol. The van der Waals surface area contributed by atoms with E-state index in [2.05, 4.69) is 11.6 Å². The van der Waals surface area contributed by atoms with Gasteiger partial charge in [-0.1, -0.05) is 19.6 Å². The SMILES string of the molecule is C=CC(=O)N1CCN(c2nc(=O)n3c4c(c(-c5ccc(F)cc5F)c(C(F)(F)F)cc24)SCC3)C/C1=C/CC. The first-order valence-corrected chi connectivity index (χ1v) is 13.2. The number of carbonyl (C=O) groups excluding carboxylic acids is 1. The van der Waals surface area contributed by atoms with Gasteiger partial charge < -0.3 is 9.80 Å². The van der Waals surface area contributed by atoms with Crippen molar-refractivity contribution in [3.8, 4) is 11.1 Å². The van der Waals surface area contributed by atoms with Crippen molar-refractivity contribution in [2.75, 3.05) is 30.3 Å². The molecule has 12 heteroatoms. The molecule has 0 aliphatic carbocycles. The van der Waals surface area contributed by atoms with Crippen molar-refractivity contribution in [1.29, 1.82) is 0 Å². The third-order valence-corrected chi connectivity index (χ3v) is 7.81. The number of aryl methyl sites for hydroxylation is 1. The summed E-state index contributed by atoms with van der Waals surface area (Å²) in [6, 6.07) is 3.32. The summed E-state index contributed by atoms with van der Waals surface area (Å²) in [6.07, 6.45) is -1.27. The number of carbonyl (C=O) groups is 1. The molecule has 2 aliphatic heterocycles. The predicted molar refractivity (Wildman–Crippen MR) is 140 cm³/mol. The van der Waals surface area contributed by atoms with Crippen LogP contribution in [0, 0.1) is 11.6 Å². The highest BCUT2D eigenvalue weighted by Gasteiger charge is 2.39. The first-order chi connectivity index (χ1) is 18.5. The van der Waals surface area contributed by atoms with Crippen molar-refractivity contribution < 1.29 is 26.7 Å². The number of aromatic nitrogens is 2. The molecule has 3 heterocycles. The van der Waals surface area contributed by atoms with Crippen LogP contribution >= 0.6 is 11.8 Å². The summed E-state index contributed by atoms with van der Waals surface area (Å²) in [6.45, 7) is 6.19. The molecule has 5 rings (SSSR count). The molecule has 1 aromatic heterocycles. The smallest absolute Gasteiger partial charge is 0.348 e. The molecule has 1 saturated heterocycles. The number of halogens is 5. The maximum atomic E-state index is 14.9. The third kappa shape index (κ3) is 4.70. The van der Waals surface area contributed by atoms with Crippen LogP contribution in [0.3, 0.4) is 0 Å². The van der Waals surface area contributed by atoms with Gasteiger partial charge in [0.15, 0.2) is 0 Å². The average Bonchev–Trinajstić information content (AvgIpc) is 2.90. The number of alkyl halides is 3. The number of hydrogen-bond donors (Lipinski definition) is 0. The predicted octanol–water partition coefficient (Wildman–Crippen LogP) is 5.59. The van der Waals surface area contributed by atoms with Crippen LogP contribution in [0.5, 0.6) is 0 Å². The number of anilines is 1. The van der Waals surface area contributed by atoms with Gasteiger partial charge in [-0.25, -0.2) is 13.6 Å². The lowest BCUT2D eigenvalue weighted by atomic mass is 9.95. The van der Waals surface area contributed by atoms with Crippen LogP contribution in [0.1, 0.15) is 18.9 Å². The molecule has 204 valence electrons. The lowest BCUT2D eigenvalue weighted by Gasteiger charge is -2.38. The Morgan fingerprint density at radius 3 is 2.62 bits per heavy atom. The summed E-state index contributed by atoms with van der Waals surface area (Å²) < 4.78 is 73.4. The van der Waals surface area contributed by atoms with Gasteiger partial charge in [-0.15, -0.1) is 11.8 Å². The molecular weight excluding hydrogens is 539 g/mol. The highest BCUT2D eigenvalue weighted by atomic mass is 32.2. The van der Waals surface area contributed by atoms with Crippen molar-refractivity contribution in [2.24, 2.45) is 0 Å². The first-order valence-electron chi connectivity index (χ1n) is 12.2. The standard InChI is InChI=1S/C27H23F5N4O2S/c1-3-5-16-14-34(8-9-35(16)21(37)4-2)25-18-13-19(27(30,31)32)22(17-7-6-15(28)12-20(17)29)24-23(18)36(10-11-39-24)26(38)33-25/h4-7,12-13H,2-3,8-11,14H2,1H3/b16-5-. The summed E-state index contributed by atoms with van der Waals surface area (Å²) in [5, 5.41) is 0.0924. The van der Waals surface area contributed by atoms with Crippen molar-refractivity contribution in [1.82, 2.24) is 14.5 Å². The topological polar surface area (TPSA) is 58.4 Å².